The number of nitrogens with zero attached hydrogens (tertiary/aromatic N) is 1. The number of para-hydroxylation sites is 1. The maximum absolute atomic E-state index is 12.8. The Balaban J connectivity index is 1.43. The molecule has 0 unspecified atom stereocenters. The highest BCUT2D eigenvalue weighted by molar-refractivity contribution is 7.92. The molecule has 0 fully saturated rings. The molecule has 0 atom stereocenters. The number of halogens is 1. The Bertz CT molecular complexity index is 1690. The zero-order chi connectivity index (χ0) is 29.4. The lowest BCUT2D eigenvalue weighted by Gasteiger charge is -2.12. The zero-order valence-electron chi connectivity index (χ0n) is 21.8. The number of carbonyl (C=O) groups excluding carboxylic acids is 2. The molecule has 0 radical (unpaired) electrons. The van der Waals surface area contributed by atoms with Gasteiger partial charge in [0.25, 0.3) is 15.9 Å². The molecule has 2 N–H and O–H groups in total. The fraction of sp³-hybridized carbons (Fsp3) is 0.0690. The van der Waals surface area contributed by atoms with Crippen LogP contribution in [0.1, 0.15) is 26.3 Å². The van der Waals surface area contributed by atoms with E-state index in [1.807, 2.05) is 0 Å². The Morgan fingerprint density at radius 3 is 2.24 bits per heavy atom. The fourth-order valence-electron chi connectivity index (χ4n) is 3.55. The molecule has 41 heavy (non-hydrogen) atoms. The first kappa shape index (κ1) is 29.1. The smallest absolute Gasteiger partial charge is 0.343 e. The van der Waals surface area contributed by atoms with Gasteiger partial charge in [-0.25, -0.2) is 18.6 Å². The van der Waals surface area contributed by atoms with Crippen molar-refractivity contribution in [3.63, 3.8) is 0 Å². The highest BCUT2D eigenvalue weighted by Crippen LogP contribution is 2.29. The number of nitrogens with one attached hydrogen (secondary N) is 2. The lowest BCUT2D eigenvalue weighted by atomic mass is 10.2. The molecule has 1 amide bonds. The van der Waals surface area contributed by atoms with Crippen molar-refractivity contribution in [3.8, 4) is 17.2 Å². The summed E-state index contributed by atoms with van der Waals surface area (Å²) >= 11 is 5.85. The molecule has 12 heteroatoms. The zero-order valence-corrected chi connectivity index (χ0v) is 23.4. The number of carbonyl (C=O) groups is 2. The van der Waals surface area contributed by atoms with Gasteiger partial charge in [0.2, 0.25) is 0 Å². The van der Waals surface area contributed by atoms with Crippen molar-refractivity contribution in [1.82, 2.24) is 5.43 Å². The van der Waals surface area contributed by atoms with Gasteiger partial charge < -0.3 is 14.2 Å². The highest BCUT2D eigenvalue weighted by Gasteiger charge is 2.19. The Morgan fingerprint density at radius 2 is 1.56 bits per heavy atom. The summed E-state index contributed by atoms with van der Waals surface area (Å²) in [6.45, 7) is 0. The van der Waals surface area contributed by atoms with Crippen LogP contribution >= 0.6 is 11.6 Å². The first-order valence-corrected chi connectivity index (χ1v) is 13.8. The third-order valence-corrected chi connectivity index (χ3v) is 7.27. The Morgan fingerprint density at radius 1 is 0.854 bits per heavy atom. The van der Waals surface area contributed by atoms with Gasteiger partial charge in [-0.3, -0.25) is 9.52 Å². The largest absolute Gasteiger partial charge is 0.497 e. The molecule has 0 saturated heterocycles. The molecule has 0 bridgehead atoms. The van der Waals surface area contributed by atoms with Crippen LogP contribution in [0.2, 0.25) is 5.02 Å². The number of rotatable bonds is 10. The number of ether oxygens (including phenoxy) is 3. The van der Waals surface area contributed by atoms with Gasteiger partial charge in [-0.2, -0.15) is 5.10 Å². The van der Waals surface area contributed by atoms with Crippen molar-refractivity contribution < 1.29 is 32.2 Å². The van der Waals surface area contributed by atoms with Crippen molar-refractivity contribution in [3.05, 3.63) is 113 Å². The van der Waals surface area contributed by atoms with Crippen LogP contribution in [0.15, 0.2) is 101 Å². The lowest BCUT2D eigenvalue weighted by Crippen LogP contribution is -2.21. The number of hydrogen-bond donors (Lipinski definition) is 2. The average molecular weight is 594 g/mol. The van der Waals surface area contributed by atoms with Crippen LogP contribution in [0, 0.1) is 0 Å². The highest BCUT2D eigenvalue weighted by atomic mass is 35.5. The number of amides is 1. The molecule has 10 nitrogen and oxygen atoms in total. The molecule has 0 heterocycles. The van der Waals surface area contributed by atoms with Crippen LogP contribution in [0.5, 0.6) is 17.2 Å². The number of hydrazone groups is 1. The van der Waals surface area contributed by atoms with Crippen LogP contribution < -0.4 is 24.4 Å². The third kappa shape index (κ3) is 7.41. The van der Waals surface area contributed by atoms with Gasteiger partial charge in [-0.15, -0.1) is 0 Å². The van der Waals surface area contributed by atoms with Crippen molar-refractivity contribution in [2.24, 2.45) is 5.10 Å². The normalized spacial score (nSPS) is 11.1. The topological polar surface area (TPSA) is 132 Å². The predicted octanol–water partition coefficient (Wildman–Crippen LogP) is 5.14. The van der Waals surface area contributed by atoms with E-state index in [9.17, 15) is 18.0 Å². The lowest BCUT2D eigenvalue weighted by molar-refractivity contribution is 0.0729. The molecule has 4 aromatic carbocycles. The van der Waals surface area contributed by atoms with Crippen LogP contribution in [-0.4, -0.2) is 40.7 Å². The first-order chi connectivity index (χ1) is 19.7. The van der Waals surface area contributed by atoms with Gasteiger partial charge in [-0.1, -0.05) is 23.7 Å². The van der Waals surface area contributed by atoms with Gasteiger partial charge in [-0.05, 0) is 84.4 Å². The molecule has 0 aliphatic heterocycles. The summed E-state index contributed by atoms with van der Waals surface area (Å²) in [5.74, 6) is -0.157. The maximum atomic E-state index is 12.8. The van der Waals surface area contributed by atoms with E-state index in [-0.39, 0.29) is 27.6 Å². The van der Waals surface area contributed by atoms with Gasteiger partial charge in [0.15, 0.2) is 11.5 Å². The molecule has 0 aliphatic rings. The van der Waals surface area contributed by atoms with Gasteiger partial charge in [0.1, 0.15) is 5.75 Å². The second-order valence-electron chi connectivity index (χ2n) is 8.33. The summed E-state index contributed by atoms with van der Waals surface area (Å²) in [7, 11) is -1.02. The van der Waals surface area contributed by atoms with E-state index in [2.05, 4.69) is 15.2 Å². The Labute approximate surface area is 241 Å². The Hall–Kier alpha value is -4.87. The van der Waals surface area contributed by atoms with Crippen LogP contribution in [0.4, 0.5) is 5.69 Å². The summed E-state index contributed by atoms with van der Waals surface area (Å²) in [5.41, 5.74) is 3.36. The second-order valence-corrected chi connectivity index (χ2v) is 10.5. The van der Waals surface area contributed by atoms with Crippen molar-refractivity contribution in [2.45, 2.75) is 4.90 Å². The number of methoxy groups -OCH3 is 2. The molecule has 0 spiro atoms. The molecule has 210 valence electrons. The van der Waals surface area contributed by atoms with Crippen molar-refractivity contribution in [1.29, 1.82) is 0 Å². The minimum atomic E-state index is -3.97. The molecular formula is C29H24ClN3O7S. The van der Waals surface area contributed by atoms with Crippen LogP contribution in [0.3, 0.4) is 0 Å². The first-order valence-electron chi connectivity index (χ1n) is 12.0. The molecule has 0 aliphatic carbocycles. The van der Waals surface area contributed by atoms with Gasteiger partial charge in [0, 0.05) is 5.02 Å². The summed E-state index contributed by atoms with van der Waals surface area (Å²) in [5, 5.41) is 4.35. The van der Waals surface area contributed by atoms with E-state index in [1.54, 1.807) is 48.5 Å². The second kappa shape index (κ2) is 13.0. The minimum absolute atomic E-state index is 0.0118. The average Bonchev–Trinajstić information content (AvgIpc) is 2.98. The standard InChI is InChI=1S/C29H24ClN3O7S/c1-38-22-12-8-20(9-13-22)29(35)40-26-16-7-19(17-27(26)39-2)18-31-32-28(34)24-5-3-4-6-25(24)33-41(36,37)23-14-10-21(30)11-15-23/h3-18,33H,1-2H3,(H,32,34)/b31-18-. The maximum Gasteiger partial charge on any atom is 0.343 e. The molecule has 4 rings (SSSR count). The number of anilines is 1. The van der Waals surface area contributed by atoms with E-state index in [0.29, 0.717) is 21.9 Å². The summed E-state index contributed by atoms with van der Waals surface area (Å²) in [6, 6.07) is 22.9. The summed E-state index contributed by atoms with van der Waals surface area (Å²) in [6.07, 6.45) is 1.36. The molecular weight excluding hydrogens is 570 g/mol. The number of sulfonamides is 1. The van der Waals surface area contributed by atoms with Crippen LogP contribution in [0.25, 0.3) is 0 Å². The van der Waals surface area contributed by atoms with Gasteiger partial charge in [0.05, 0.1) is 42.1 Å². The fourth-order valence-corrected chi connectivity index (χ4v) is 4.75. The van der Waals surface area contributed by atoms with E-state index >= 15 is 0 Å². The van der Waals surface area contributed by atoms with Crippen LogP contribution in [-0.2, 0) is 10.0 Å². The number of benzene rings is 4. The molecule has 0 aromatic heterocycles. The van der Waals surface area contributed by atoms with E-state index in [4.69, 9.17) is 25.8 Å². The monoisotopic (exact) mass is 593 g/mol. The quantitative estimate of drug-likeness (QED) is 0.113. The molecule has 4 aromatic rings. The van der Waals surface area contributed by atoms with Crippen molar-refractivity contribution in [2.75, 3.05) is 18.9 Å². The Kier molecular flexibility index (Phi) is 9.23. The third-order valence-electron chi connectivity index (χ3n) is 5.64. The van der Waals surface area contributed by atoms with E-state index < -0.39 is 21.9 Å². The summed E-state index contributed by atoms with van der Waals surface area (Å²) in [4.78, 5) is 25.3. The SMILES string of the molecule is COc1ccc(C(=O)Oc2ccc(/C=N\NC(=O)c3ccccc3NS(=O)(=O)c3ccc(Cl)cc3)cc2OC)cc1. The predicted molar refractivity (Wildman–Crippen MR) is 155 cm³/mol. The van der Waals surface area contributed by atoms with E-state index in [1.165, 1.54) is 62.9 Å². The van der Waals surface area contributed by atoms with Crippen molar-refractivity contribution >= 4 is 45.4 Å². The molecule has 0 saturated carbocycles. The summed E-state index contributed by atoms with van der Waals surface area (Å²) < 4.78 is 43.9. The number of hydrogen-bond acceptors (Lipinski definition) is 8. The van der Waals surface area contributed by atoms with E-state index in [0.717, 1.165) is 0 Å². The number of esters is 1. The minimum Gasteiger partial charge on any atom is -0.497 e. The van der Waals surface area contributed by atoms with Gasteiger partial charge >= 0.3 is 5.97 Å².